The molecule has 0 aliphatic carbocycles. The van der Waals surface area contributed by atoms with Crippen molar-refractivity contribution in [3.05, 3.63) is 35.5 Å². The Morgan fingerprint density at radius 1 is 1.32 bits per heavy atom. The number of aromatic nitrogens is 1. The second kappa shape index (κ2) is 6.97. The predicted octanol–water partition coefficient (Wildman–Crippen LogP) is 2.93. The van der Waals surface area contributed by atoms with E-state index in [1.54, 1.807) is 0 Å². The molecule has 4 nitrogen and oxygen atoms in total. The molecule has 0 unspecified atom stereocenters. The summed E-state index contributed by atoms with van der Waals surface area (Å²) in [7, 11) is 0. The monoisotopic (exact) mass is 302 g/mol. The Kier molecular flexibility index (Phi) is 5.24. The van der Waals surface area contributed by atoms with E-state index >= 15 is 0 Å². The summed E-state index contributed by atoms with van der Waals surface area (Å²) in [5.74, 6) is 0.0506. The number of aryl methyl sites for hydroxylation is 1. The van der Waals surface area contributed by atoms with Crippen molar-refractivity contribution < 1.29 is 9.90 Å². The summed E-state index contributed by atoms with van der Waals surface area (Å²) in [6, 6.07) is 8.06. The molecule has 3 N–H and O–H groups in total. The highest BCUT2D eigenvalue weighted by Gasteiger charge is 2.16. The molecule has 0 saturated carbocycles. The molecular weight excluding hydrogens is 276 g/mol. The van der Waals surface area contributed by atoms with Gasteiger partial charge in [0.05, 0.1) is 6.42 Å². The smallest absolute Gasteiger partial charge is 0.224 e. The molecule has 1 aromatic carbocycles. The zero-order valence-electron chi connectivity index (χ0n) is 13.7. The van der Waals surface area contributed by atoms with Gasteiger partial charge >= 0.3 is 0 Å². The number of para-hydroxylation sites is 1. The van der Waals surface area contributed by atoms with Crippen molar-refractivity contribution in [1.29, 1.82) is 0 Å². The van der Waals surface area contributed by atoms with Crippen molar-refractivity contribution in [2.75, 3.05) is 13.2 Å². The number of fused-ring (bicyclic) bond motifs is 1. The Hall–Kier alpha value is -1.81. The summed E-state index contributed by atoms with van der Waals surface area (Å²) in [6.07, 6.45) is 2.18. The number of aromatic amines is 1. The number of hydrogen-bond donors (Lipinski definition) is 3. The van der Waals surface area contributed by atoms with Gasteiger partial charge in [0.1, 0.15) is 0 Å². The molecule has 0 aliphatic rings. The Morgan fingerprint density at radius 2 is 2.05 bits per heavy atom. The number of amides is 1. The van der Waals surface area contributed by atoms with Crippen LogP contribution >= 0.6 is 0 Å². The van der Waals surface area contributed by atoms with Crippen LogP contribution in [-0.4, -0.2) is 29.1 Å². The third-order valence-electron chi connectivity index (χ3n) is 4.14. The van der Waals surface area contributed by atoms with E-state index in [1.165, 1.54) is 0 Å². The maximum Gasteiger partial charge on any atom is 0.224 e. The van der Waals surface area contributed by atoms with Crippen molar-refractivity contribution in [3.63, 3.8) is 0 Å². The van der Waals surface area contributed by atoms with Gasteiger partial charge in [-0.3, -0.25) is 4.79 Å². The molecule has 120 valence electrons. The first kappa shape index (κ1) is 16.6. The van der Waals surface area contributed by atoms with Gasteiger partial charge in [-0.2, -0.15) is 0 Å². The minimum Gasteiger partial charge on any atom is -0.396 e. The normalized spacial score (nSPS) is 11.8. The second-order valence-electron chi connectivity index (χ2n) is 6.73. The van der Waals surface area contributed by atoms with E-state index in [0.717, 1.165) is 35.0 Å². The standard InChI is InChI=1S/C18H26N2O2/c1-13-15(14-7-4-5-8-16(14)20-13)11-17(22)19-10-6-9-18(2,3)12-21/h4-5,7-8,20-21H,6,9-12H2,1-3H3,(H,19,22). The van der Waals surface area contributed by atoms with Gasteiger partial charge < -0.3 is 15.4 Å². The summed E-state index contributed by atoms with van der Waals surface area (Å²) in [6.45, 7) is 6.90. The van der Waals surface area contributed by atoms with E-state index in [4.69, 9.17) is 0 Å². The average molecular weight is 302 g/mol. The molecule has 2 aromatic rings. The topological polar surface area (TPSA) is 65.1 Å². The first-order valence-corrected chi connectivity index (χ1v) is 7.87. The molecule has 0 fully saturated rings. The van der Waals surface area contributed by atoms with Crippen LogP contribution in [0.15, 0.2) is 24.3 Å². The molecule has 0 atom stereocenters. The summed E-state index contributed by atoms with van der Waals surface area (Å²) in [5.41, 5.74) is 3.13. The van der Waals surface area contributed by atoms with Crippen molar-refractivity contribution in [1.82, 2.24) is 10.3 Å². The maximum absolute atomic E-state index is 12.1. The number of aliphatic hydroxyl groups is 1. The number of hydrogen-bond acceptors (Lipinski definition) is 2. The number of aliphatic hydroxyl groups excluding tert-OH is 1. The minimum atomic E-state index is -0.0713. The molecule has 0 aliphatic heterocycles. The number of benzene rings is 1. The summed E-state index contributed by atoms with van der Waals surface area (Å²) in [4.78, 5) is 15.4. The van der Waals surface area contributed by atoms with Gasteiger partial charge in [-0.1, -0.05) is 32.0 Å². The third kappa shape index (κ3) is 4.10. The number of nitrogens with one attached hydrogen (secondary N) is 2. The number of carbonyl (C=O) groups excluding carboxylic acids is 1. The Morgan fingerprint density at radius 3 is 2.77 bits per heavy atom. The van der Waals surface area contributed by atoms with Crippen LogP contribution in [0.3, 0.4) is 0 Å². The Labute approximate surface area is 131 Å². The SMILES string of the molecule is Cc1[nH]c2ccccc2c1CC(=O)NCCCC(C)(C)CO. The molecular formula is C18H26N2O2. The van der Waals surface area contributed by atoms with E-state index in [1.807, 2.05) is 45.0 Å². The van der Waals surface area contributed by atoms with Crippen LogP contribution in [0.5, 0.6) is 0 Å². The minimum absolute atomic E-state index is 0.0506. The first-order chi connectivity index (χ1) is 10.4. The molecule has 0 spiro atoms. The largest absolute Gasteiger partial charge is 0.396 e. The van der Waals surface area contributed by atoms with Gasteiger partial charge in [0.25, 0.3) is 0 Å². The predicted molar refractivity (Wildman–Crippen MR) is 89.9 cm³/mol. The third-order valence-corrected chi connectivity index (χ3v) is 4.14. The molecule has 4 heteroatoms. The lowest BCUT2D eigenvalue weighted by Crippen LogP contribution is -2.27. The Bertz CT molecular complexity index is 644. The fourth-order valence-corrected chi connectivity index (χ4v) is 2.66. The van der Waals surface area contributed by atoms with Crippen LogP contribution < -0.4 is 5.32 Å². The van der Waals surface area contributed by atoms with Crippen LogP contribution in [0.25, 0.3) is 10.9 Å². The fraction of sp³-hybridized carbons (Fsp3) is 0.500. The zero-order chi connectivity index (χ0) is 16.2. The molecule has 2 rings (SSSR count). The first-order valence-electron chi connectivity index (χ1n) is 7.87. The zero-order valence-corrected chi connectivity index (χ0v) is 13.7. The molecule has 1 aromatic heterocycles. The van der Waals surface area contributed by atoms with E-state index in [2.05, 4.69) is 10.3 Å². The molecule has 1 heterocycles. The van der Waals surface area contributed by atoms with Crippen molar-refractivity contribution in [2.45, 2.75) is 40.0 Å². The summed E-state index contributed by atoms with van der Waals surface area (Å²) >= 11 is 0. The number of H-pyrrole nitrogens is 1. The van der Waals surface area contributed by atoms with Gasteiger partial charge in [-0.25, -0.2) is 0 Å². The number of carbonyl (C=O) groups is 1. The van der Waals surface area contributed by atoms with Gasteiger partial charge in [0.2, 0.25) is 5.91 Å². The Balaban J connectivity index is 1.88. The highest BCUT2D eigenvalue weighted by atomic mass is 16.3. The van der Waals surface area contributed by atoms with Crippen molar-refractivity contribution in [2.24, 2.45) is 5.41 Å². The summed E-state index contributed by atoms with van der Waals surface area (Å²) in [5, 5.41) is 13.3. The molecule has 0 bridgehead atoms. The van der Waals surface area contributed by atoms with Gasteiger partial charge in [0.15, 0.2) is 0 Å². The van der Waals surface area contributed by atoms with Gasteiger partial charge in [-0.15, -0.1) is 0 Å². The molecule has 1 amide bonds. The summed E-state index contributed by atoms with van der Waals surface area (Å²) < 4.78 is 0. The average Bonchev–Trinajstić information content (AvgIpc) is 2.80. The maximum atomic E-state index is 12.1. The molecule has 0 saturated heterocycles. The van der Waals surface area contributed by atoms with Crippen molar-refractivity contribution >= 4 is 16.8 Å². The van der Waals surface area contributed by atoms with Crippen LogP contribution in [-0.2, 0) is 11.2 Å². The van der Waals surface area contributed by atoms with Crippen LogP contribution in [0, 0.1) is 12.3 Å². The van der Waals surface area contributed by atoms with E-state index in [0.29, 0.717) is 13.0 Å². The molecule has 22 heavy (non-hydrogen) atoms. The van der Waals surface area contributed by atoms with Gasteiger partial charge in [0, 0.05) is 29.7 Å². The van der Waals surface area contributed by atoms with E-state index in [-0.39, 0.29) is 17.9 Å². The van der Waals surface area contributed by atoms with E-state index < -0.39 is 0 Å². The fourth-order valence-electron chi connectivity index (χ4n) is 2.66. The lowest BCUT2D eigenvalue weighted by Gasteiger charge is -2.21. The molecule has 0 radical (unpaired) electrons. The van der Waals surface area contributed by atoms with Crippen LogP contribution in [0.1, 0.15) is 37.9 Å². The highest BCUT2D eigenvalue weighted by Crippen LogP contribution is 2.22. The van der Waals surface area contributed by atoms with Crippen LogP contribution in [0.2, 0.25) is 0 Å². The van der Waals surface area contributed by atoms with Gasteiger partial charge in [-0.05, 0) is 36.8 Å². The number of rotatable bonds is 7. The second-order valence-corrected chi connectivity index (χ2v) is 6.73. The quantitative estimate of drug-likeness (QED) is 0.689. The van der Waals surface area contributed by atoms with Crippen LogP contribution in [0.4, 0.5) is 0 Å². The van der Waals surface area contributed by atoms with Crippen molar-refractivity contribution in [3.8, 4) is 0 Å². The highest BCUT2D eigenvalue weighted by molar-refractivity contribution is 5.90. The van der Waals surface area contributed by atoms with E-state index in [9.17, 15) is 9.90 Å². The lowest BCUT2D eigenvalue weighted by molar-refractivity contribution is -0.120. The lowest BCUT2D eigenvalue weighted by atomic mass is 9.89.